The molecule has 0 saturated carbocycles. The maximum absolute atomic E-state index is 14.2. The first-order valence-corrected chi connectivity index (χ1v) is 7.11. The molecule has 20 heavy (non-hydrogen) atoms. The molecule has 1 fully saturated rings. The van der Waals surface area contributed by atoms with Gasteiger partial charge in [0.2, 0.25) is 0 Å². The van der Waals surface area contributed by atoms with Crippen LogP contribution in [0.15, 0.2) is 18.2 Å². The van der Waals surface area contributed by atoms with Gasteiger partial charge in [0.05, 0.1) is 5.02 Å². The smallest absolute Gasteiger partial charge is 0.146 e. The van der Waals surface area contributed by atoms with E-state index in [1.807, 2.05) is 0 Å². The Morgan fingerprint density at radius 2 is 2.05 bits per heavy atom. The van der Waals surface area contributed by atoms with Crippen molar-refractivity contribution in [2.75, 3.05) is 32.8 Å². The molecule has 0 aliphatic carbocycles. The molecule has 1 heterocycles. The van der Waals surface area contributed by atoms with Crippen LogP contribution in [-0.2, 0) is 0 Å². The van der Waals surface area contributed by atoms with E-state index in [9.17, 15) is 4.39 Å². The molecule has 0 amide bonds. The first-order chi connectivity index (χ1) is 9.24. The van der Waals surface area contributed by atoms with Crippen LogP contribution in [0.1, 0.15) is 24.4 Å². The maximum Gasteiger partial charge on any atom is 0.146 e. The van der Waals surface area contributed by atoms with Crippen molar-refractivity contribution < 1.29 is 9.50 Å². The number of aliphatic hydroxyl groups excluding tert-OH is 1. The van der Waals surface area contributed by atoms with Gasteiger partial charge in [0.1, 0.15) is 5.82 Å². The summed E-state index contributed by atoms with van der Waals surface area (Å²) < 4.78 is 14.2. The molecule has 0 bridgehead atoms. The largest absolute Gasteiger partial charge is 0.396 e. The zero-order valence-electron chi connectivity index (χ0n) is 11.3. The highest BCUT2D eigenvalue weighted by molar-refractivity contribution is 6.30. The SMILES string of the molecule is Cl.OCCC[C@@H](c1cccc(Cl)c1F)N1CCNCC1. The topological polar surface area (TPSA) is 35.5 Å². The third-order valence-electron chi connectivity index (χ3n) is 3.57. The van der Waals surface area contributed by atoms with Gasteiger partial charge < -0.3 is 10.4 Å². The van der Waals surface area contributed by atoms with Gasteiger partial charge in [-0.05, 0) is 18.9 Å². The Bertz CT molecular complexity index is 414. The second-order valence-corrected chi connectivity index (χ2v) is 5.22. The number of halogens is 3. The molecule has 2 rings (SSSR count). The highest BCUT2D eigenvalue weighted by Gasteiger charge is 2.24. The van der Waals surface area contributed by atoms with E-state index in [2.05, 4.69) is 10.2 Å². The second kappa shape index (κ2) is 8.80. The lowest BCUT2D eigenvalue weighted by molar-refractivity contribution is 0.152. The molecule has 1 atom stereocenters. The number of hydrogen-bond donors (Lipinski definition) is 2. The average Bonchev–Trinajstić information content (AvgIpc) is 2.45. The molecule has 1 saturated heterocycles. The minimum absolute atomic E-state index is 0. The Morgan fingerprint density at radius 1 is 1.35 bits per heavy atom. The summed E-state index contributed by atoms with van der Waals surface area (Å²) in [5, 5.41) is 12.5. The summed E-state index contributed by atoms with van der Waals surface area (Å²) in [4.78, 5) is 2.26. The van der Waals surface area contributed by atoms with E-state index in [1.165, 1.54) is 0 Å². The van der Waals surface area contributed by atoms with Crippen LogP contribution < -0.4 is 5.32 Å². The van der Waals surface area contributed by atoms with Crippen LogP contribution in [-0.4, -0.2) is 42.8 Å². The van der Waals surface area contributed by atoms with Gasteiger partial charge >= 0.3 is 0 Å². The number of aliphatic hydroxyl groups is 1. The predicted molar refractivity (Wildman–Crippen MR) is 82.2 cm³/mol. The van der Waals surface area contributed by atoms with Gasteiger partial charge in [0.15, 0.2) is 0 Å². The third-order valence-corrected chi connectivity index (χ3v) is 3.86. The molecule has 1 aromatic carbocycles. The standard InChI is InChI=1S/C14H20ClFN2O.ClH/c15-12-4-1-3-11(14(12)16)13(5-2-10-19)18-8-6-17-7-9-18;/h1,3-4,13,17,19H,2,5-10H2;1H/t13-;/m0./s1. The van der Waals surface area contributed by atoms with Gasteiger partial charge in [0, 0.05) is 44.4 Å². The summed E-state index contributed by atoms with van der Waals surface area (Å²) in [6.07, 6.45) is 1.41. The highest BCUT2D eigenvalue weighted by Crippen LogP contribution is 2.30. The fraction of sp³-hybridized carbons (Fsp3) is 0.571. The molecule has 3 nitrogen and oxygen atoms in total. The minimum Gasteiger partial charge on any atom is -0.396 e. The summed E-state index contributed by atoms with van der Waals surface area (Å²) in [6, 6.07) is 5.15. The normalized spacial score (nSPS) is 17.6. The molecule has 1 aliphatic heterocycles. The molecule has 1 aliphatic rings. The van der Waals surface area contributed by atoms with E-state index in [1.54, 1.807) is 18.2 Å². The molecule has 2 N–H and O–H groups in total. The molecule has 0 spiro atoms. The number of rotatable bonds is 5. The van der Waals surface area contributed by atoms with Crippen molar-refractivity contribution in [1.82, 2.24) is 10.2 Å². The quantitative estimate of drug-likeness (QED) is 0.874. The van der Waals surface area contributed by atoms with Crippen molar-refractivity contribution >= 4 is 24.0 Å². The van der Waals surface area contributed by atoms with Crippen molar-refractivity contribution in [3.63, 3.8) is 0 Å². The molecule has 6 heteroatoms. The first kappa shape index (κ1) is 17.7. The van der Waals surface area contributed by atoms with Gasteiger partial charge in [-0.25, -0.2) is 4.39 Å². The summed E-state index contributed by atoms with van der Waals surface area (Å²) in [5.41, 5.74) is 0.642. The van der Waals surface area contributed by atoms with Crippen LogP contribution in [0.4, 0.5) is 4.39 Å². The Balaban J connectivity index is 0.00000200. The van der Waals surface area contributed by atoms with Crippen molar-refractivity contribution in [3.8, 4) is 0 Å². The van der Waals surface area contributed by atoms with E-state index in [0.29, 0.717) is 12.0 Å². The van der Waals surface area contributed by atoms with Gasteiger partial charge in [0.25, 0.3) is 0 Å². The molecule has 0 radical (unpaired) electrons. The van der Waals surface area contributed by atoms with Crippen LogP contribution in [0.5, 0.6) is 0 Å². The van der Waals surface area contributed by atoms with Crippen LogP contribution in [0.3, 0.4) is 0 Å². The number of hydrogen-bond acceptors (Lipinski definition) is 3. The second-order valence-electron chi connectivity index (χ2n) is 4.81. The summed E-state index contributed by atoms with van der Waals surface area (Å²) in [5.74, 6) is -0.328. The summed E-state index contributed by atoms with van der Waals surface area (Å²) in [6.45, 7) is 3.74. The van der Waals surface area contributed by atoms with E-state index < -0.39 is 0 Å². The van der Waals surface area contributed by atoms with E-state index in [4.69, 9.17) is 16.7 Å². The van der Waals surface area contributed by atoms with Gasteiger partial charge in [-0.1, -0.05) is 23.7 Å². The predicted octanol–water partition coefficient (Wildman–Crippen LogP) is 2.62. The van der Waals surface area contributed by atoms with Crippen molar-refractivity contribution in [2.24, 2.45) is 0 Å². The summed E-state index contributed by atoms with van der Waals surface area (Å²) in [7, 11) is 0. The fourth-order valence-electron chi connectivity index (χ4n) is 2.59. The lowest BCUT2D eigenvalue weighted by Crippen LogP contribution is -2.45. The number of benzene rings is 1. The van der Waals surface area contributed by atoms with Gasteiger partial charge in [-0.2, -0.15) is 0 Å². The zero-order chi connectivity index (χ0) is 13.7. The van der Waals surface area contributed by atoms with E-state index in [-0.39, 0.29) is 35.9 Å². The summed E-state index contributed by atoms with van der Waals surface area (Å²) >= 11 is 5.88. The molecular formula is C14H21Cl2FN2O. The van der Waals surface area contributed by atoms with Gasteiger partial charge in [-0.15, -0.1) is 12.4 Å². The van der Waals surface area contributed by atoms with E-state index >= 15 is 0 Å². The molecule has 114 valence electrons. The monoisotopic (exact) mass is 322 g/mol. The number of nitrogens with zero attached hydrogens (tertiary/aromatic N) is 1. The zero-order valence-corrected chi connectivity index (χ0v) is 12.9. The maximum atomic E-state index is 14.2. The van der Waals surface area contributed by atoms with Crippen molar-refractivity contribution in [3.05, 3.63) is 34.6 Å². The highest BCUT2D eigenvalue weighted by atomic mass is 35.5. The molecular weight excluding hydrogens is 302 g/mol. The van der Waals surface area contributed by atoms with Crippen molar-refractivity contribution in [2.45, 2.75) is 18.9 Å². The Kier molecular flexibility index (Phi) is 7.77. The van der Waals surface area contributed by atoms with Crippen molar-refractivity contribution in [1.29, 1.82) is 0 Å². The van der Waals surface area contributed by atoms with Crippen LogP contribution in [0.2, 0.25) is 5.02 Å². The third kappa shape index (κ3) is 4.30. The molecule has 1 aromatic rings. The van der Waals surface area contributed by atoms with Crippen LogP contribution >= 0.6 is 24.0 Å². The minimum atomic E-state index is -0.328. The first-order valence-electron chi connectivity index (χ1n) is 6.73. The fourth-order valence-corrected chi connectivity index (χ4v) is 2.77. The number of piperazine rings is 1. The van der Waals surface area contributed by atoms with Crippen LogP contribution in [0.25, 0.3) is 0 Å². The molecule has 0 unspecified atom stereocenters. The lowest BCUT2D eigenvalue weighted by Gasteiger charge is -2.35. The van der Waals surface area contributed by atoms with Gasteiger partial charge in [-0.3, -0.25) is 4.90 Å². The average molecular weight is 323 g/mol. The Labute approximate surface area is 130 Å². The lowest BCUT2D eigenvalue weighted by atomic mass is 9.99. The number of nitrogens with one attached hydrogen (secondary N) is 1. The molecule has 0 aromatic heterocycles. The van der Waals surface area contributed by atoms with Crippen LogP contribution in [0, 0.1) is 5.82 Å². The Hall–Kier alpha value is -0.390. The van der Waals surface area contributed by atoms with E-state index in [0.717, 1.165) is 32.6 Å². The Morgan fingerprint density at radius 3 is 2.70 bits per heavy atom.